The number of fused-ring (bicyclic) bond motifs is 1. The Morgan fingerprint density at radius 3 is 2.87 bits per heavy atom. The van der Waals surface area contributed by atoms with Crippen molar-refractivity contribution in [2.75, 3.05) is 13.2 Å². The highest BCUT2D eigenvalue weighted by atomic mass is 16.6. The summed E-state index contributed by atoms with van der Waals surface area (Å²) >= 11 is 0. The highest BCUT2D eigenvalue weighted by Gasteiger charge is 2.48. The third kappa shape index (κ3) is 4.13. The lowest BCUT2D eigenvalue weighted by atomic mass is 9.86. The van der Waals surface area contributed by atoms with Crippen LogP contribution in [-0.4, -0.2) is 46.5 Å². The number of ether oxygens (including phenoxy) is 2. The fourth-order valence-electron chi connectivity index (χ4n) is 5.14. The lowest BCUT2D eigenvalue weighted by Gasteiger charge is -2.20. The minimum Gasteiger partial charge on any atom is -0.371 e. The smallest absolute Gasteiger partial charge is 0.110 e. The third-order valence-corrected chi connectivity index (χ3v) is 6.77. The number of nitrogens with zero attached hydrogens (tertiary/aromatic N) is 4. The molecule has 1 aromatic carbocycles. The summed E-state index contributed by atoms with van der Waals surface area (Å²) in [4.78, 5) is 0. The molecule has 7 nitrogen and oxygen atoms in total. The fourth-order valence-corrected chi connectivity index (χ4v) is 5.14. The van der Waals surface area contributed by atoms with Gasteiger partial charge in [0.05, 0.1) is 36.6 Å². The Bertz CT molecular complexity index is 901. The average molecular weight is 408 g/mol. The van der Waals surface area contributed by atoms with Crippen molar-refractivity contribution >= 4 is 0 Å². The molecule has 7 heteroatoms. The van der Waals surface area contributed by atoms with E-state index < -0.39 is 0 Å². The average Bonchev–Trinajstić information content (AvgIpc) is 3.50. The zero-order chi connectivity index (χ0) is 20.3. The molecular weight excluding hydrogens is 378 g/mol. The molecule has 3 aliphatic rings. The van der Waals surface area contributed by atoms with Crippen LogP contribution >= 0.6 is 0 Å². The van der Waals surface area contributed by atoms with Crippen molar-refractivity contribution in [3.63, 3.8) is 0 Å². The van der Waals surface area contributed by atoms with Crippen molar-refractivity contribution in [2.45, 2.75) is 69.4 Å². The summed E-state index contributed by atoms with van der Waals surface area (Å²) in [5.74, 6) is 0.757. The molecule has 5 rings (SSSR count). The van der Waals surface area contributed by atoms with E-state index in [0.29, 0.717) is 25.3 Å². The van der Waals surface area contributed by atoms with Gasteiger partial charge in [-0.05, 0) is 30.0 Å². The van der Waals surface area contributed by atoms with Crippen LogP contribution in [-0.2, 0) is 22.4 Å². The summed E-state index contributed by atoms with van der Waals surface area (Å²) in [6.45, 7) is 1.91. The monoisotopic (exact) mass is 407 g/mol. The number of nitrogens with one attached hydrogen (secondary N) is 1. The van der Waals surface area contributed by atoms with Gasteiger partial charge in [-0.2, -0.15) is 5.26 Å². The predicted octanol–water partition coefficient (Wildman–Crippen LogP) is 2.77. The molecule has 2 aromatic rings. The highest BCUT2D eigenvalue weighted by Crippen LogP contribution is 2.34. The molecule has 0 unspecified atom stereocenters. The second-order valence-electron chi connectivity index (χ2n) is 8.86. The molecular formula is C23H29N5O2. The first-order chi connectivity index (χ1) is 14.8. The Kier molecular flexibility index (Phi) is 5.80. The van der Waals surface area contributed by atoms with Gasteiger partial charge in [0.15, 0.2) is 0 Å². The first kappa shape index (κ1) is 19.7. The Labute approximate surface area is 177 Å². The Balaban J connectivity index is 1.18. The van der Waals surface area contributed by atoms with Crippen molar-refractivity contribution in [2.24, 2.45) is 5.92 Å². The molecule has 0 spiro atoms. The maximum Gasteiger partial charge on any atom is 0.110 e. The lowest BCUT2D eigenvalue weighted by Crippen LogP contribution is -2.40. The Morgan fingerprint density at radius 1 is 1.13 bits per heavy atom. The van der Waals surface area contributed by atoms with Crippen molar-refractivity contribution in [3.05, 3.63) is 47.3 Å². The Morgan fingerprint density at radius 2 is 2.00 bits per heavy atom. The van der Waals surface area contributed by atoms with Gasteiger partial charge in [0.25, 0.3) is 0 Å². The van der Waals surface area contributed by atoms with Gasteiger partial charge < -0.3 is 14.8 Å². The molecule has 30 heavy (non-hydrogen) atoms. The van der Waals surface area contributed by atoms with Gasteiger partial charge in [-0.1, -0.05) is 49.5 Å². The van der Waals surface area contributed by atoms with Gasteiger partial charge in [-0.25, -0.2) is 4.68 Å². The number of hydrogen-bond acceptors (Lipinski definition) is 6. The van der Waals surface area contributed by atoms with E-state index in [0.717, 1.165) is 23.6 Å². The van der Waals surface area contributed by atoms with Gasteiger partial charge in [-0.15, -0.1) is 5.10 Å². The van der Waals surface area contributed by atoms with E-state index in [1.165, 1.54) is 32.1 Å². The topological polar surface area (TPSA) is 85.0 Å². The van der Waals surface area contributed by atoms with Crippen molar-refractivity contribution in [3.8, 4) is 6.07 Å². The summed E-state index contributed by atoms with van der Waals surface area (Å²) in [5.41, 5.74) is 2.87. The first-order valence-electron chi connectivity index (χ1n) is 11.2. The SMILES string of the molecule is N#Cc1cccc(CN[C@@H]2CO[C@@H]3[C@@H]2OC[C@@H]3n2cc(CC3CCCCC3)nn2)c1. The van der Waals surface area contributed by atoms with Gasteiger partial charge in [-0.3, -0.25) is 0 Å². The van der Waals surface area contributed by atoms with Crippen LogP contribution in [0, 0.1) is 17.2 Å². The fraction of sp³-hybridized carbons (Fsp3) is 0.609. The standard InChI is InChI=1S/C23H29N5O2/c24-11-17-7-4-8-18(9-17)12-25-20-14-29-23-21(15-30-22(20)23)28-13-19(26-27-28)10-16-5-2-1-3-6-16/h4,7-9,13,16,20-23,25H,1-3,5-6,10,12,14-15H2/t20-,21+,22-,23+/m1/s1. The van der Waals surface area contributed by atoms with E-state index in [-0.39, 0.29) is 24.3 Å². The summed E-state index contributed by atoms with van der Waals surface area (Å²) in [7, 11) is 0. The van der Waals surface area contributed by atoms with Crippen molar-refractivity contribution in [1.82, 2.24) is 20.3 Å². The van der Waals surface area contributed by atoms with Crippen LogP contribution in [0.2, 0.25) is 0 Å². The molecule has 2 saturated heterocycles. The Hall–Kier alpha value is -2.27. The molecule has 4 atom stereocenters. The van der Waals surface area contributed by atoms with Crippen LogP contribution in [0.3, 0.4) is 0 Å². The van der Waals surface area contributed by atoms with Crippen LogP contribution in [0.1, 0.15) is 55.0 Å². The third-order valence-electron chi connectivity index (χ3n) is 6.77. The second kappa shape index (κ2) is 8.84. The predicted molar refractivity (Wildman–Crippen MR) is 111 cm³/mol. The minimum atomic E-state index is -0.00262. The molecule has 1 aliphatic carbocycles. The first-order valence-corrected chi connectivity index (χ1v) is 11.2. The summed E-state index contributed by atoms with van der Waals surface area (Å²) < 4.78 is 14.2. The largest absolute Gasteiger partial charge is 0.371 e. The minimum absolute atomic E-state index is 0.00262. The lowest BCUT2D eigenvalue weighted by molar-refractivity contribution is 0.0619. The molecule has 0 radical (unpaired) electrons. The number of benzene rings is 1. The van der Waals surface area contributed by atoms with Gasteiger partial charge in [0.1, 0.15) is 18.2 Å². The van der Waals surface area contributed by atoms with E-state index in [4.69, 9.17) is 14.7 Å². The molecule has 2 aliphatic heterocycles. The zero-order valence-corrected chi connectivity index (χ0v) is 17.2. The molecule has 3 fully saturated rings. The second-order valence-corrected chi connectivity index (χ2v) is 8.86. The summed E-state index contributed by atoms with van der Waals surface area (Å²) in [6, 6.07) is 10.1. The van der Waals surface area contributed by atoms with Crippen LogP contribution in [0.5, 0.6) is 0 Å². The maximum atomic E-state index is 9.07. The summed E-state index contributed by atoms with van der Waals surface area (Å²) in [6.07, 6.45) is 9.86. The number of aromatic nitrogens is 3. The highest BCUT2D eigenvalue weighted by molar-refractivity contribution is 5.32. The van der Waals surface area contributed by atoms with Gasteiger partial charge in [0.2, 0.25) is 0 Å². The number of nitriles is 1. The summed E-state index contributed by atoms with van der Waals surface area (Å²) in [5, 5.41) is 21.5. The molecule has 1 aromatic heterocycles. The molecule has 0 bridgehead atoms. The van der Waals surface area contributed by atoms with E-state index in [9.17, 15) is 0 Å². The quantitative estimate of drug-likeness (QED) is 0.793. The molecule has 3 heterocycles. The van der Waals surface area contributed by atoms with Crippen LogP contribution < -0.4 is 5.32 Å². The number of rotatable bonds is 6. The zero-order valence-electron chi connectivity index (χ0n) is 17.2. The van der Waals surface area contributed by atoms with Crippen LogP contribution in [0.25, 0.3) is 0 Å². The van der Waals surface area contributed by atoms with E-state index >= 15 is 0 Å². The van der Waals surface area contributed by atoms with E-state index in [1.807, 2.05) is 28.9 Å². The molecule has 1 saturated carbocycles. The van der Waals surface area contributed by atoms with Crippen molar-refractivity contribution in [1.29, 1.82) is 5.26 Å². The van der Waals surface area contributed by atoms with Gasteiger partial charge >= 0.3 is 0 Å². The normalized spacial score (nSPS) is 29.0. The number of hydrogen-bond donors (Lipinski definition) is 1. The van der Waals surface area contributed by atoms with Crippen LogP contribution in [0.15, 0.2) is 30.5 Å². The molecule has 0 amide bonds. The van der Waals surface area contributed by atoms with Gasteiger partial charge in [0, 0.05) is 12.7 Å². The van der Waals surface area contributed by atoms with Crippen LogP contribution in [0.4, 0.5) is 0 Å². The van der Waals surface area contributed by atoms with E-state index in [1.54, 1.807) is 0 Å². The van der Waals surface area contributed by atoms with Crippen molar-refractivity contribution < 1.29 is 9.47 Å². The molecule has 1 N–H and O–H groups in total. The molecule has 158 valence electrons. The van der Waals surface area contributed by atoms with E-state index in [2.05, 4.69) is 27.9 Å². The maximum absolute atomic E-state index is 9.07.